The summed E-state index contributed by atoms with van der Waals surface area (Å²) in [6, 6.07) is 8.85. The average molecular weight is 263 g/mol. The maximum Gasteiger partial charge on any atom is 0.444 e. The van der Waals surface area contributed by atoms with Crippen molar-refractivity contribution in [1.82, 2.24) is 5.06 Å². The first kappa shape index (κ1) is 13.4. The summed E-state index contributed by atoms with van der Waals surface area (Å²) < 4.78 is 5.23. The summed E-state index contributed by atoms with van der Waals surface area (Å²) in [5, 5.41) is 1.02. The fraction of sp³-hybridized carbons (Fsp3) is 0.429. The lowest BCUT2D eigenvalue weighted by Gasteiger charge is -2.26. The molecule has 102 valence electrons. The lowest BCUT2D eigenvalue weighted by atomic mass is 10.0. The molecule has 0 aromatic heterocycles. The number of hydrogen-bond donors (Lipinski definition) is 0. The van der Waals surface area contributed by atoms with Gasteiger partial charge >= 0.3 is 12.1 Å². The molecule has 0 spiro atoms. The molecule has 1 saturated heterocycles. The van der Waals surface area contributed by atoms with Gasteiger partial charge in [-0.3, -0.25) is 0 Å². The number of amides is 1. The van der Waals surface area contributed by atoms with Crippen molar-refractivity contribution < 1.29 is 19.2 Å². The zero-order chi connectivity index (χ0) is 14.0. The molecule has 0 radical (unpaired) electrons. The van der Waals surface area contributed by atoms with E-state index in [4.69, 9.17) is 9.57 Å². The van der Waals surface area contributed by atoms with Gasteiger partial charge in [0.1, 0.15) is 11.6 Å². The van der Waals surface area contributed by atoms with E-state index in [0.29, 0.717) is 0 Å². The van der Waals surface area contributed by atoms with E-state index in [1.165, 1.54) is 0 Å². The molecule has 5 nitrogen and oxygen atoms in total. The summed E-state index contributed by atoms with van der Waals surface area (Å²) in [5.41, 5.74) is 0.215. The summed E-state index contributed by atoms with van der Waals surface area (Å²) in [6.07, 6.45) is -0.504. The predicted molar refractivity (Wildman–Crippen MR) is 68.0 cm³/mol. The van der Waals surface area contributed by atoms with Crippen LogP contribution in [0.4, 0.5) is 4.79 Å². The summed E-state index contributed by atoms with van der Waals surface area (Å²) in [5.74, 6) is -0.431. The van der Waals surface area contributed by atoms with Crippen molar-refractivity contribution in [1.29, 1.82) is 0 Å². The highest BCUT2D eigenvalue weighted by Gasteiger charge is 2.40. The van der Waals surface area contributed by atoms with Gasteiger partial charge in [0.15, 0.2) is 0 Å². The van der Waals surface area contributed by atoms with Crippen LogP contribution in [-0.4, -0.2) is 22.7 Å². The SMILES string of the molecule is CC(C)(C)OC(=O)N1OC(=O)C[C@H]1c1ccccc1. The zero-order valence-corrected chi connectivity index (χ0v) is 11.3. The number of hydroxylamine groups is 2. The van der Waals surface area contributed by atoms with E-state index in [1.54, 1.807) is 20.8 Å². The number of rotatable bonds is 1. The molecular formula is C14H17NO4. The van der Waals surface area contributed by atoms with Crippen molar-refractivity contribution >= 4 is 12.1 Å². The van der Waals surface area contributed by atoms with Gasteiger partial charge in [-0.05, 0) is 26.3 Å². The van der Waals surface area contributed by atoms with E-state index >= 15 is 0 Å². The quantitative estimate of drug-likeness (QED) is 0.781. The molecule has 19 heavy (non-hydrogen) atoms. The Labute approximate surface area is 112 Å². The average Bonchev–Trinajstić information content (AvgIpc) is 2.70. The number of ether oxygens (including phenoxy) is 1. The van der Waals surface area contributed by atoms with Gasteiger partial charge in [0.25, 0.3) is 0 Å². The van der Waals surface area contributed by atoms with Crippen molar-refractivity contribution in [2.24, 2.45) is 0 Å². The second kappa shape index (κ2) is 4.91. The van der Waals surface area contributed by atoms with E-state index in [9.17, 15) is 9.59 Å². The highest BCUT2D eigenvalue weighted by atomic mass is 16.8. The number of carbonyl (C=O) groups is 2. The van der Waals surface area contributed by atoms with Crippen LogP contribution in [0.3, 0.4) is 0 Å². The lowest BCUT2D eigenvalue weighted by molar-refractivity contribution is -0.170. The Morgan fingerprint density at radius 1 is 1.32 bits per heavy atom. The van der Waals surface area contributed by atoms with E-state index < -0.39 is 23.7 Å². The molecule has 1 aromatic rings. The highest BCUT2D eigenvalue weighted by molar-refractivity contribution is 5.78. The lowest BCUT2D eigenvalue weighted by Crippen LogP contribution is -2.35. The van der Waals surface area contributed by atoms with Crippen molar-refractivity contribution in [3.8, 4) is 0 Å². The predicted octanol–water partition coefficient (Wildman–Crippen LogP) is 2.83. The summed E-state index contributed by atoms with van der Waals surface area (Å²) >= 11 is 0. The van der Waals surface area contributed by atoms with E-state index in [2.05, 4.69) is 0 Å². The summed E-state index contributed by atoms with van der Waals surface area (Å²) in [6.45, 7) is 5.29. The Balaban J connectivity index is 2.19. The van der Waals surface area contributed by atoms with Gasteiger partial charge in [0.05, 0.1) is 6.42 Å². The molecule has 1 fully saturated rings. The zero-order valence-electron chi connectivity index (χ0n) is 11.3. The largest absolute Gasteiger partial charge is 0.444 e. The van der Waals surface area contributed by atoms with Crippen LogP contribution in [0.1, 0.15) is 38.8 Å². The highest BCUT2D eigenvalue weighted by Crippen LogP contribution is 2.32. The Bertz CT molecular complexity index is 478. The van der Waals surface area contributed by atoms with E-state index in [0.717, 1.165) is 10.6 Å². The normalized spacial score (nSPS) is 19.2. The summed E-state index contributed by atoms with van der Waals surface area (Å²) in [4.78, 5) is 28.4. The van der Waals surface area contributed by atoms with Gasteiger partial charge in [-0.1, -0.05) is 30.3 Å². The molecule has 0 unspecified atom stereocenters. The molecular weight excluding hydrogens is 246 g/mol. The van der Waals surface area contributed by atoms with Crippen molar-refractivity contribution in [3.63, 3.8) is 0 Å². The van der Waals surface area contributed by atoms with Crippen LogP contribution in [0.15, 0.2) is 30.3 Å². The van der Waals surface area contributed by atoms with Crippen molar-refractivity contribution in [2.75, 3.05) is 0 Å². The van der Waals surface area contributed by atoms with Crippen LogP contribution in [-0.2, 0) is 14.4 Å². The molecule has 1 aliphatic rings. The molecule has 0 N–H and O–H groups in total. The fourth-order valence-corrected chi connectivity index (χ4v) is 1.85. The topological polar surface area (TPSA) is 55.8 Å². The second-order valence-corrected chi connectivity index (χ2v) is 5.40. The smallest absolute Gasteiger partial charge is 0.442 e. The molecule has 0 saturated carbocycles. The monoisotopic (exact) mass is 263 g/mol. The van der Waals surface area contributed by atoms with Crippen LogP contribution in [0.5, 0.6) is 0 Å². The van der Waals surface area contributed by atoms with Crippen LogP contribution in [0, 0.1) is 0 Å². The molecule has 1 heterocycles. The van der Waals surface area contributed by atoms with Crippen LogP contribution in [0.2, 0.25) is 0 Å². The molecule has 1 amide bonds. The number of hydrogen-bond acceptors (Lipinski definition) is 4. The standard InChI is InChI=1S/C14H17NO4/c1-14(2,3)18-13(17)15-11(9-12(16)19-15)10-7-5-4-6-8-10/h4-8,11H,9H2,1-3H3/t11-/m0/s1. The number of carbonyl (C=O) groups excluding carboxylic acids is 2. The molecule has 1 atom stereocenters. The van der Waals surface area contributed by atoms with Crippen LogP contribution < -0.4 is 0 Å². The maximum atomic E-state index is 12.0. The number of benzene rings is 1. The van der Waals surface area contributed by atoms with E-state index in [1.807, 2.05) is 30.3 Å². The molecule has 5 heteroatoms. The van der Waals surface area contributed by atoms with Crippen LogP contribution >= 0.6 is 0 Å². The fourth-order valence-electron chi connectivity index (χ4n) is 1.85. The van der Waals surface area contributed by atoms with Gasteiger partial charge in [-0.2, -0.15) is 0 Å². The first-order valence-corrected chi connectivity index (χ1v) is 6.15. The first-order valence-electron chi connectivity index (χ1n) is 6.15. The third-order valence-electron chi connectivity index (χ3n) is 2.60. The number of nitrogens with zero attached hydrogens (tertiary/aromatic N) is 1. The molecule has 1 aromatic carbocycles. The van der Waals surface area contributed by atoms with E-state index in [-0.39, 0.29) is 6.42 Å². The minimum absolute atomic E-state index is 0.142. The molecule has 0 aliphatic carbocycles. The molecule has 1 aliphatic heterocycles. The Morgan fingerprint density at radius 3 is 2.53 bits per heavy atom. The minimum Gasteiger partial charge on any atom is -0.442 e. The third kappa shape index (κ3) is 3.24. The molecule has 0 bridgehead atoms. The van der Waals surface area contributed by atoms with Crippen molar-refractivity contribution in [2.45, 2.75) is 38.8 Å². The summed E-state index contributed by atoms with van der Waals surface area (Å²) in [7, 11) is 0. The Hall–Kier alpha value is -2.04. The van der Waals surface area contributed by atoms with Gasteiger partial charge in [-0.15, -0.1) is 5.06 Å². The first-order chi connectivity index (χ1) is 8.87. The minimum atomic E-state index is -0.646. The third-order valence-corrected chi connectivity index (χ3v) is 2.60. The van der Waals surface area contributed by atoms with Crippen LogP contribution in [0.25, 0.3) is 0 Å². The van der Waals surface area contributed by atoms with Gasteiger partial charge in [-0.25, -0.2) is 9.59 Å². The van der Waals surface area contributed by atoms with Crippen molar-refractivity contribution in [3.05, 3.63) is 35.9 Å². The Kier molecular flexibility index (Phi) is 3.46. The van der Waals surface area contributed by atoms with Gasteiger partial charge in [0, 0.05) is 0 Å². The van der Waals surface area contributed by atoms with Gasteiger partial charge < -0.3 is 9.57 Å². The Morgan fingerprint density at radius 2 is 1.95 bits per heavy atom. The maximum absolute atomic E-state index is 12.0. The molecule has 2 rings (SSSR count). The van der Waals surface area contributed by atoms with Gasteiger partial charge in [0.2, 0.25) is 0 Å². The second-order valence-electron chi connectivity index (χ2n) is 5.40.